The molecule has 3 aromatic heterocycles. The van der Waals surface area contributed by atoms with Crippen molar-refractivity contribution in [2.75, 3.05) is 18.4 Å². The van der Waals surface area contributed by atoms with E-state index in [0.29, 0.717) is 23.4 Å². The van der Waals surface area contributed by atoms with Gasteiger partial charge in [0.2, 0.25) is 0 Å². The van der Waals surface area contributed by atoms with Gasteiger partial charge in [-0.25, -0.2) is 9.78 Å². The van der Waals surface area contributed by atoms with Crippen molar-refractivity contribution in [2.24, 2.45) is 0 Å². The first-order valence-electron chi connectivity index (χ1n) is 11.8. The molecule has 1 aliphatic heterocycles. The third-order valence-corrected chi connectivity index (χ3v) is 6.52. The molecule has 0 bridgehead atoms. The number of rotatable bonds is 4. The number of anilines is 1. The molecular weight excluding hydrogens is 432 g/mol. The van der Waals surface area contributed by atoms with E-state index in [2.05, 4.69) is 32.7 Å². The highest BCUT2D eigenvalue weighted by atomic mass is 16.5. The number of ether oxygens (including phenoxy) is 1. The zero-order valence-electron chi connectivity index (χ0n) is 19.0. The van der Waals surface area contributed by atoms with E-state index < -0.39 is 0 Å². The molecule has 9 heteroatoms. The van der Waals surface area contributed by atoms with Crippen LogP contribution in [0.3, 0.4) is 0 Å². The Balaban J connectivity index is 1.23. The Hall–Kier alpha value is -3.72. The van der Waals surface area contributed by atoms with E-state index in [1.165, 1.54) is 0 Å². The van der Waals surface area contributed by atoms with Crippen LogP contribution < -0.4 is 20.4 Å². The zero-order valence-corrected chi connectivity index (χ0v) is 19.0. The van der Waals surface area contributed by atoms with Crippen LogP contribution in [0.15, 0.2) is 47.4 Å². The van der Waals surface area contributed by atoms with Crippen LogP contribution in [-0.4, -0.2) is 33.8 Å². The Bertz CT molecular complexity index is 1360. The summed E-state index contributed by atoms with van der Waals surface area (Å²) in [4.78, 5) is 20.6. The second kappa shape index (κ2) is 8.57. The molecule has 1 aliphatic carbocycles. The summed E-state index contributed by atoms with van der Waals surface area (Å²) in [5.74, 6) is 3.46. The monoisotopic (exact) mass is 459 g/mol. The van der Waals surface area contributed by atoms with Crippen LogP contribution in [0.25, 0.3) is 10.9 Å². The lowest BCUT2D eigenvalue weighted by molar-refractivity contribution is -0.396. The Morgan fingerprint density at radius 1 is 1.29 bits per heavy atom. The fourth-order valence-corrected chi connectivity index (χ4v) is 4.56. The van der Waals surface area contributed by atoms with Crippen LogP contribution in [0.4, 0.5) is 10.6 Å². The standard InChI is InChI=1S/C25H26N6O3/c1-15-13-26-9-2-3-19-23(15)27-14-28-24(19)33-18-6-7-20-17(11-18)8-10-31(20)25(32)29-22-12-21(34-30-22)16-4-5-16/h6-8,10-12,14-16,26H,2-5,9,13H2,1H3,(H,29,30,32)/p+1/t15-/m1/s1. The number of aromatic amines is 1. The molecule has 2 aliphatic rings. The molecule has 4 aromatic rings. The van der Waals surface area contributed by atoms with Gasteiger partial charge in [-0.15, -0.1) is 0 Å². The minimum absolute atomic E-state index is 0.286. The first kappa shape index (κ1) is 20.9. The molecule has 1 aromatic carbocycles. The molecule has 1 atom stereocenters. The van der Waals surface area contributed by atoms with Crippen LogP contribution in [0, 0.1) is 0 Å². The Kier molecular flexibility index (Phi) is 5.26. The van der Waals surface area contributed by atoms with E-state index in [1.807, 2.05) is 24.3 Å². The maximum Gasteiger partial charge on any atom is 0.331 e. The molecule has 3 N–H and O–H groups in total. The van der Waals surface area contributed by atoms with Crippen LogP contribution >= 0.6 is 0 Å². The molecule has 174 valence electrons. The van der Waals surface area contributed by atoms with E-state index in [0.717, 1.165) is 72.6 Å². The number of benzene rings is 1. The summed E-state index contributed by atoms with van der Waals surface area (Å²) in [6.45, 7) is 4.07. The summed E-state index contributed by atoms with van der Waals surface area (Å²) in [5.41, 5.74) is 2.98. The quantitative estimate of drug-likeness (QED) is 0.473. The molecule has 6 rings (SSSR count). The van der Waals surface area contributed by atoms with E-state index in [-0.39, 0.29) is 6.03 Å². The number of hydrogen-bond acceptors (Lipinski definition) is 6. The number of H-pyrrole nitrogens is 1. The SMILES string of the molecule is C[C@@H]1CNCCCc2c1nc[nH+]c2Oc1ccc2c(ccn2C(=O)Nc2cc(C3CC3)on2)c1. The van der Waals surface area contributed by atoms with Crippen LogP contribution in [0.2, 0.25) is 0 Å². The van der Waals surface area contributed by atoms with E-state index >= 15 is 0 Å². The molecule has 4 heterocycles. The fourth-order valence-electron chi connectivity index (χ4n) is 4.56. The van der Waals surface area contributed by atoms with Crippen molar-refractivity contribution in [2.45, 2.75) is 44.4 Å². The lowest BCUT2D eigenvalue weighted by atomic mass is 9.97. The second-order valence-electron chi connectivity index (χ2n) is 9.13. The fraction of sp³-hybridized carbons (Fsp3) is 0.360. The van der Waals surface area contributed by atoms with Crippen molar-refractivity contribution < 1.29 is 19.0 Å². The van der Waals surface area contributed by atoms with Crippen LogP contribution in [-0.2, 0) is 6.42 Å². The van der Waals surface area contributed by atoms with Gasteiger partial charge in [0.1, 0.15) is 11.5 Å². The largest absolute Gasteiger partial charge is 0.423 e. The zero-order chi connectivity index (χ0) is 23.1. The maximum atomic E-state index is 12.8. The van der Waals surface area contributed by atoms with Crippen molar-refractivity contribution in [3.63, 3.8) is 0 Å². The number of nitrogens with one attached hydrogen (secondary N) is 3. The molecule has 0 radical (unpaired) electrons. The number of fused-ring (bicyclic) bond motifs is 2. The van der Waals surface area contributed by atoms with Gasteiger partial charge in [-0.1, -0.05) is 17.1 Å². The van der Waals surface area contributed by atoms with Gasteiger partial charge in [0.15, 0.2) is 11.5 Å². The highest BCUT2D eigenvalue weighted by Gasteiger charge is 2.28. The normalized spacial score (nSPS) is 18.2. The number of hydrogen-bond donors (Lipinski definition) is 2. The predicted molar refractivity (Wildman–Crippen MR) is 125 cm³/mol. The van der Waals surface area contributed by atoms with Crippen molar-refractivity contribution >= 4 is 22.8 Å². The molecule has 1 amide bonds. The third-order valence-electron chi connectivity index (χ3n) is 6.52. The smallest absolute Gasteiger partial charge is 0.331 e. The van der Waals surface area contributed by atoms with Crippen LogP contribution in [0.5, 0.6) is 11.6 Å². The highest BCUT2D eigenvalue weighted by Crippen LogP contribution is 2.40. The van der Waals surface area contributed by atoms with Crippen molar-refractivity contribution in [1.29, 1.82) is 0 Å². The molecule has 1 saturated carbocycles. The van der Waals surface area contributed by atoms with E-state index in [1.54, 1.807) is 23.2 Å². The Morgan fingerprint density at radius 3 is 3.09 bits per heavy atom. The van der Waals surface area contributed by atoms with Gasteiger partial charge in [0, 0.05) is 36.0 Å². The Labute approximate surface area is 196 Å². The first-order chi connectivity index (χ1) is 16.7. The number of amides is 1. The van der Waals surface area contributed by atoms with Gasteiger partial charge in [0.05, 0.1) is 11.1 Å². The predicted octanol–water partition coefficient (Wildman–Crippen LogP) is 4.23. The molecule has 0 saturated heterocycles. The summed E-state index contributed by atoms with van der Waals surface area (Å²) < 4.78 is 13.2. The number of carbonyl (C=O) groups excluding carboxylic acids is 1. The van der Waals surface area contributed by atoms with Gasteiger partial charge in [-0.05, 0) is 56.5 Å². The summed E-state index contributed by atoms with van der Waals surface area (Å²) in [5, 5.41) is 11.2. The lowest BCUT2D eigenvalue weighted by Crippen LogP contribution is -2.27. The average Bonchev–Trinajstić information content (AvgIpc) is 3.43. The molecule has 34 heavy (non-hydrogen) atoms. The molecule has 1 fully saturated rings. The van der Waals surface area contributed by atoms with Crippen molar-refractivity contribution in [1.82, 2.24) is 20.0 Å². The number of aromatic nitrogens is 4. The molecule has 0 unspecified atom stereocenters. The van der Waals surface area contributed by atoms with Gasteiger partial charge in [0.25, 0.3) is 12.2 Å². The van der Waals surface area contributed by atoms with Gasteiger partial charge in [-0.3, -0.25) is 9.88 Å². The molecular formula is C25H27N6O3+. The second-order valence-corrected chi connectivity index (χ2v) is 9.13. The summed E-state index contributed by atoms with van der Waals surface area (Å²) >= 11 is 0. The van der Waals surface area contributed by atoms with Crippen molar-refractivity contribution in [3.8, 4) is 11.6 Å². The summed E-state index contributed by atoms with van der Waals surface area (Å²) in [6, 6.07) is 9.12. The number of carbonyl (C=O) groups is 1. The third kappa shape index (κ3) is 4.03. The van der Waals surface area contributed by atoms with Crippen LogP contribution in [0.1, 0.15) is 55.0 Å². The van der Waals surface area contributed by atoms with Crippen molar-refractivity contribution in [3.05, 3.63) is 59.9 Å². The molecule has 0 spiro atoms. The lowest BCUT2D eigenvalue weighted by Gasteiger charge is -2.17. The Morgan fingerprint density at radius 2 is 2.21 bits per heavy atom. The van der Waals surface area contributed by atoms with E-state index in [4.69, 9.17) is 9.26 Å². The topological polar surface area (TPSA) is 108 Å². The van der Waals surface area contributed by atoms with E-state index in [9.17, 15) is 4.79 Å². The molecule has 9 nitrogen and oxygen atoms in total. The summed E-state index contributed by atoms with van der Waals surface area (Å²) in [6.07, 6.45) is 7.60. The van der Waals surface area contributed by atoms with Gasteiger partial charge < -0.3 is 14.6 Å². The first-order valence-corrected chi connectivity index (χ1v) is 11.8. The average molecular weight is 460 g/mol. The van der Waals surface area contributed by atoms with Gasteiger partial charge in [-0.2, -0.15) is 0 Å². The minimum Gasteiger partial charge on any atom is -0.423 e. The highest BCUT2D eigenvalue weighted by molar-refractivity contribution is 5.98. The summed E-state index contributed by atoms with van der Waals surface area (Å²) in [7, 11) is 0. The minimum atomic E-state index is -0.286. The van der Waals surface area contributed by atoms with Gasteiger partial charge >= 0.3 is 6.03 Å². The number of nitrogens with zero attached hydrogens (tertiary/aromatic N) is 3. The maximum absolute atomic E-state index is 12.8.